The summed E-state index contributed by atoms with van der Waals surface area (Å²) >= 11 is -2.20. The van der Waals surface area contributed by atoms with E-state index in [1.165, 1.54) is 0 Å². The van der Waals surface area contributed by atoms with Crippen molar-refractivity contribution >= 4 is 11.1 Å². The van der Waals surface area contributed by atoms with E-state index in [2.05, 4.69) is 0 Å². The Morgan fingerprint density at radius 2 is 1.62 bits per heavy atom. The van der Waals surface area contributed by atoms with Gasteiger partial charge in [-0.2, -0.15) is 0 Å². The van der Waals surface area contributed by atoms with Crippen molar-refractivity contribution < 1.29 is 8.76 Å². The molecule has 2 aromatic rings. The molecular formula is C13H11O2S-. The summed E-state index contributed by atoms with van der Waals surface area (Å²) in [6.07, 6.45) is 0. The van der Waals surface area contributed by atoms with Crippen LogP contribution in [0.5, 0.6) is 0 Å². The van der Waals surface area contributed by atoms with Crippen LogP contribution in [0.15, 0.2) is 53.4 Å². The predicted octanol–water partition coefficient (Wildman–Crippen LogP) is 2.90. The van der Waals surface area contributed by atoms with E-state index in [1.54, 1.807) is 12.1 Å². The second-order valence-corrected chi connectivity index (χ2v) is 4.51. The van der Waals surface area contributed by atoms with Crippen molar-refractivity contribution in [3.8, 4) is 11.1 Å². The fourth-order valence-electron chi connectivity index (χ4n) is 1.58. The smallest absolute Gasteiger partial charge is 0.0327 e. The molecule has 2 nitrogen and oxygen atoms in total. The van der Waals surface area contributed by atoms with Gasteiger partial charge in [0.05, 0.1) is 0 Å². The van der Waals surface area contributed by atoms with Gasteiger partial charge in [0.15, 0.2) is 0 Å². The van der Waals surface area contributed by atoms with Crippen molar-refractivity contribution in [2.24, 2.45) is 0 Å². The number of benzene rings is 2. The Balaban J connectivity index is 2.55. The second-order valence-electron chi connectivity index (χ2n) is 3.60. The van der Waals surface area contributed by atoms with Gasteiger partial charge < -0.3 is 4.55 Å². The van der Waals surface area contributed by atoms with Gasteiger partial charge in [-0.15, -0.1) is 0 Å². The molecule has 0 radical (unpaired) electrons. The molecule has 0 spiro atoms. The van der Waals surface area contributed by atoms with Crippen LogP contribution in [0.1, 0.15) is 5.56 Å². The highest BCUT2D eigenvalue weighted by molar-refractivity contribution is 7.79. The van der Waals surface area contributed by atoms with Gasteiger partial charge in [0.25, 0.3) is 0 Å². The number of hydrogen-bond donors (Lipinski definition) is 0. The molecule has 1 atom stereocenters. The minimum Gasteiger partial charge on any atom is -0.768 e. The minimum atomic E-state index is -2.20. The number of hydrogen-bond acceptors (Lipinski definition) is 2. The highest BCUT2D eigenvalue weighted by atomic mass is 32.2. The average molecular weight is 231 g/mol. The lowest BCUT2D eigenvalue weighted by Gasteiger charge is -2.11. The quantitative estimate of drug-likeness (QED) is 0.745. The summed E-state index contributed by atoms with van der Waals surface area (Å²) in [5.74, 6) is 0. The first-order chi connectivity index (χ1) is 7.68. The van der Waals surface area contributed by atoms with Gasteiger partial charge in [-0.1, -0.05) is 48.0 Å². The molecule has 0 amide bonds. The molecule has 0 aliphatic heterocycles. The first-order valence-corrected chi connectivity index (χ1v) is 6.01. The zero-order chi connectivity index (χ0) is 11.5. The predicted molar refractivity (Wildman–Crippen MR) is 63.8 cm³/mol. The monoisotopic (exact) mass is 231 g/mol. The molecule has 2 rings (SSSR count). The van der Waals surface area contributed by atoms with Crippen LogP contribution in [0.3, 0.4) is 0 Å². The van der Waals surface area contributed by atoms with Crippen molar-refractivity contribution in [1.29, 1.82) is 0 Å². The lowest BCUT2D eigenvalue weighted by molar-refractivity contribution is 0.537. The van der Waals surface area contributed by atoms with E-state index >= 15 is 0 Å². The normalized spacial score (nSPS) is 12.4. The maximum absolute atomic E-state index is 11.1. The van der Waals surface area contributed by atoms with Crippen molar-refractivity contribution in [2.75, 3.05) is 0 Å². The molecule has 0 saturated carbocycles. The lowest BCUT2D eigenvalue weighted by atomic mass is 10.0. The van der Waals surface area contributed by atoms with Crippen molar-refractivity contribution in [3.05, 3.63) is 54.1 Å². The van der Waals surface area contributed by atoms with Gasteiger partial charge in [0.2, 0.25) is 0 Å². The standard InChI is InChI=1S/C13H12O2S/c1-10-6-8-11(9-7-10)12-4-2-3-5-13(12)16(14)15/h2-9H,1H3,(H,14,15)/p-1. The molecular weight excluding hydrogens is 220 g/mol. The third-order valence-electron chi connectivity index (χ3n) is 2.43. The van der Waals surface area contributed by atoms with Crippen LogP contribution in [0, 0.1) is 6.92 Å². The molecule has 0 aliphatic carbocycles. The molecule has 16 heavy (non-hydrogen) atoms. The van der Waals surface area contributed by atoms with E-state index < -0.39 is 11.1 Å². The summed E-state index contributed by atoms with van der Waals surface area (Å²) in [6.45, 7) is 2.00. The maximum Gasteiger partial charge on any atom is 0.0327 e. The largest absolute Gasteiger partial charge is 0.768 e. The summed E-state index contributed by atoms with van der Waals surface area (Å²) < 4.78 is 22.1. The van der Waals surface area contributed by atoms with Gasteiger partial charge in [0.1, 0.15) is 0 Å². The third-order valence-corrected chi connectivity index (χ3v) is 3.14. The molecule has 0 saturated heterocycles. The van der Waals surface area contributed by atoms with Gasteiger partial charge in [-0.25, -0.2) is 0 Å². The Kier molecular flexibility index (Phi) is 3.17. The number of rotatable bonds is 2. The SMILES string of the molecule is Cc1ccc(-c2ccccc2S(=O)[O-])cc1. The fraction of sp³-hybridized carbons (Fsp3) is 0.0769. The molecule has 2 aromatic carbocycles. The Morgan fingerprint density at radius 1 is 1.00 bits per heavy atom. The summed E-state index contributed by atoms with van der Waals surface area (Å²) in [4.78, 5) is 0.339. The fourth-order valence-corrected chi connectivity index (χ4v) is 2.14. The molecule has 0 aromatic heterocycles. The topological polar surface area (TPSA) is 40.1 Å². The van der Waals surface area contributed by atoms with E-state index in [1.807, 2.05) is 43.3 Å². The zero-order valence-electron chi connectivity index (χ0n) is 8.84. The van der Waals surface area contributed by atoms with Gasteiger partial charge >= 0.3 is 0 Å². The van der Waals surface area contributed by atoms with Crippen molar-refractivity contribution in [2.45, 2.75) is 11.8 Å². The lowest BCUT2D eigenvalue weighted by Crippen LogP contribution is -1.92. The molecule has 0 fully saturated rings. The highest BCUT2D eigenvalue weighted by Gasteiger charge is 2.04. The summed E-state index contributed by atoms with van der Waals surface area (Å²) in [5, 5.41) is 0. The van der Waals surface area contributed by atoms with Crippen LogP contribution < -0.4 is 0 Å². The Bertz CT molecular complexity index is 518. The molecule has 0 bridgehead atoms. The molecule has 1 unspecified atom stereocenters. The average Bonchev–Trinajstić information content (AvgIpc) is 2.30. The summed E-state index contributed by atoms with van der Waals surface area (Å²) in [5.41, 5.74) is 2.82. The van der Waals surface area contributed by atoms with E-state index in [4.69, 9.17) is 0 Å². The van der Waals surface area contributed by atoms with Crippen molar-refractivity contribution in [3.63, 3.8) is 0 Å². The summed E-state index contributed by atoms with van der Waals surface area (Å²) in [7, 11) is 0. The Morgan fingerprint density at radius 3 is 2.25 bits per heavy atom. The van der Waals surface area contributed by atoms with Gasteiger partial charge in [0, 0.05) is 4.90 Å². The van der Waals surface area contributed by atoms with Gasteiger partial charge in [-0.05, 0) is 35.2 Å². The maximum atomic E-state index is 11.1. The van der Waals surface area contributed by atoms with Crippen molar-refractivity contribution in [1.82, 2.24) is 0 Å². The molecule has 0 heterocycles. The van der Waals surface area contributed by atoms with Crippen LogP contribution in [-0.2, 0) is 11.1 Å². The zero-order valence-corrected chi connectivity index (χ0v) is 9.66. The molecule has 3 heteroatoms. The molecule has 0 N–H and O–H groups in total. The first-order valence-electron chi connectivity index (χ1n) is 4.94. The van der Waals surface area contributed by atoms with E-state index in [-0.39, 0.29) is 0 Å². The van der Waals surface area contributed by atoms with Crippen LogP contribution in [-0.4, -0.2) is 8.76 Å². The third kappa shape index (κ3) is 2.21. The second kappa shape index (κ2) is 4.60. The van der Waals surface area contributed by atoms with Gasteiger partial charge in [-0.3, -0.25) is 4.21 Å². The first kappa shape index (κ1) is 11.0. The van der Waals surface area contributed by atoms with E-state index in [9.17, 15) is 8.76 Å². The van der Waals surface area contributed by atoms with Crippen LogP contribution in [0.4, 0.5) is 0 Å². The number of aryl methyl sites for hydroxylation is 1. The Hall–Kier alpha value is -1.45. The van der Waals surface area contributed by atoms with Crippen LogP contribution >= 0.6 is 0 Å². The van der Waals surface area contributed by atoms with E-state index in [0.717, 1.165) is 16.7 Å². The highest BCUT2D eigenvalue weighted by Crippen LogP contribution is 2.25. The van der Waals surface area contributed by atoms with Crippen LogP contribution in [0.25, 0.3) is 11.1 Å². The minimum absolute atomic E-state index is 0.339. The van der Waals surface area contributed by atoms with E-state index in [0.29, 0.717) is 4.90 Å². The van der Waals surface area contributed by atoms with Crippen LogP contribution in [0.2, 0.25) is 0 Å². The summed E-state index contributed by atoms with van der Waals surface area (Å²) in [6, 6.07) is 14.8. The molecule has 82 valence electrons. The molecule has 0 aliphatic rings. The Labute approximate surface area is 97.2 Å².